The van der Waals surface area contributed by atoms with E-state index < -0.39 is 36.1 Å². The second-order valence-electron chi connectivity index (χ2n) is 4.55. The van der Waals surface area contributed by atoms with Gasteiger partial charge >= 0.3 is 18.2 Å². The minimum absolute atomic E-state index is 0.110. The van der Waals surface area contributed by atoms with Crippen LogP contribution in [0.15, 0.2) is 0 Å². The number of hydrogen-bond acceptors (Lipinski definition) is 1. The summed E-state index contributed by atoms with van der Waals surface area (Å²) < 4.78 is 91.3. The zero-order valence-corrected chi connectivity index (χ0v) is 9.98. The molecule has 0 spiro atoms. The fraction of sp³-hybridized carbons (Fsp3) is 0.818. The van der Waals surface area contributed by atoms with E-state index in [-0.39, 0.29) is 6.42 Å². The van der Waals surface area contributed by atoms with Gasteiger partial charge in [-0.25, -0.2) is 0 Å². The van der Waals surface area contributed by atoms with E-state index in [1.807, 2.05) is 0 Å². The number of halogens is 7. The Kier molecular flexibility index (Phi) is 4.44. The fourth-order valence-corrected chi connectivity index (χ4v) is 1.98. The molecule has 3 atom stereocenters. The molecule has 0 saturated heterocycles. The molecule has 0 aliphatic heterocycles. The molecule has 1 nitrogen and oxygen atoms in total. The molecular formula is C11H13F7O. The lowest BCUT2D eigenvalue weighted by molar-refractivity contribution is -0.434. The molecule has 1 rings (SSSR count). The van der Waals surface area contributed by atoms with E-state index in [2.05, 4.69) is 11.7 Å². The first-order valence-electron chi connectivity index (χ1n) is 5.56. The Morgan fingerprint density at radius 1 is 1.16 bits per heavy atom. The lowest BCUT2D eigenvalue weighted by Crippen LogP contribution is -2.55. The number of ether oxygens (including phenoxy) is 1. The average Bonchev–Trinajstić information content (AvgIpc) is 2.57. The van der Waals surface area contributed by atoms with Gasteiger partial charge in [-0.05, 0) is 31.1 Å². The van der Waals surface area contributed by atoms with Crippen LogP contribution in [0.25, 0.3) is 0 Å². The minimum Gasteiger partial charge on any atom is -0.311 e. The molecule has 0 bridgehead atoms. The van der Waals surface area contributed by atoms with Crippen molar-refractivity contribution >= 4 is 0 Å². The van der Waals surface area contributed by atoms with E-state index in [9.17, 15) is 30.7 Å². The maximum atomic E-state index is 13.1. The molecule has 19 heavy (non-hydrogen) atoms. The van der Waals surface area contributed by atoms with Gasteiger partial charge in [-0.2, -0.15) is 30.7 Å². The summed E-state index contributed by atoms with van der Waals surface area (Å²) in [6, 6.07) is 0. The third-order valence-electron chi connectivity index (χ3n) is 3.17. The van der Waals surface area contributed by atoms with Crippen LogP contribution in [-0.4, -0.2) is 24.3 Å². The fourth-order valence-electron chi connectivity index (χ4n) is 1.98. The summed E-state index contributed by atoms with van der Waals surface area (Å²) in [5.74, 6) is -7.46. The van der Waals surface area contributed by atoms with Gasteiger partial charge in [-0.3, -0.25) is 0 Å². The van der Waals surface area contributed by atoms with Crippen molar-refractivity contribution in [2.24, 2.45) is 11.8 Å². The summed E-state index contributed by atoms with van der Waals surface area (Å²) in [6.45, 7) is 4.86. The Morgan fingerprint density at radius 2 is 1.68 bits per heavy atom. The van der Waals surface area contributed by atoms with Crippen LogP contribution < -0.4 is 0 Å². The van der Waals surface area contributed by atoms with Crippen molar-refractivity contribution in [2.75, 3.05) is 0 Å². The average molecular weight is 294 g/mol. The number of rotatable bonds is 4. The summed E-state index contributed by atoms with van der Waals surface area (Å²) in [7, 11) is 0. The van der Waals surface area contributed by atoms with Crippen LogP contribution in [0, 0.1) is 25.2 Å². The van der Waals surface area contributed by atoms with E-state index in [1.165, 1.54) is 6.92 Å². The molecule has 0 amide bonds. The van der Waals surface area contributed by atoms with Gasteiger partial charge in [-0.1, -0.05) is 13.8 Å². The van der Waals surface area contributed by atoms with Crippen molar-refractivity contribution in [1.29, 1.82) is 0 Å². The summed E-state index contributed by atoms with van der Waals surface area (Å²) >= 11 is 0. The van der Waals surface area contributed by atoms with Gasteiger partial charge in [0.1, 0.15) is 0 Å². The Morgan fingerprint density at radius 3 is 2.11 bits per heavy atom. The normalized spacial score (nSPS) is 29.8. The molecule has 1 fully saturated rings. The van der Waals surface area contributed by atoms with Crippen LogP contribution in [-0.2, 0) is 4.74 Å². The van der Waals surface area contributed by atoms with E-state index >= 15 is 0 Å². The predicted octanol–water partition coefficient (Wildman–Crippen LogP) is 4.25. The molecule has 1 aliphatic carbocycles. The zero-order valence-electron chi connectivity index (χ0n) is 9.98. The van der Waals surface area contributed by atoms with E-state index in [0.29, 0.717) is 6.42 Å². The molecule has 1 saturated carbocycles. The molecule has 0 N–H and O–H groups in total. The lowest BCUT2D eigenvalue weighted by Gasteiger charge is -2.32. The lowest BCUT2D eigenvalue weighted by atomic mass is 9.99. The Bertz CT molecular complexity index is 313. The monoisotopic (exact) mass is 294 g/mol. The molecule has 0 heterocycles. The SMILES string of the molecule is [CH2]CC1C[CH]C(C)C1OC(F)(F)C(F)(F)C(F)(F)F. The predicted molar refractivity (Wildman–Crippen MR) is 52.4 cm³/mol. The molecule has 112 valence electrons. The van der Waals surface area contributed by atoms with Crippen molar-refractivity contribution in [1.82, 2.24) is 0 Å². The van der Waals surface area contributed by atoms with Crippen LogP contribution >= 0.6 is 0 Å². The van der Waals surface area contributed by atoms with E-state index in [4.69, 9.17) is 0 Å². The van der Waals surface area contributed by atoms with Crippen LogP contribution in [0.3, 0.4) is 0 Å². The van der Waals surface area contributed by atoms with Crippen molar-refractivity contribution in [3.63, 3.8) is 0 Å². The van der Waals surface area contributed by atoms with Crippen molar-refractivity contribution < 1.29 is 35.5 Å². The molecule has 0 aromatic carbocycles. The maximum Gasteiger partial charge on any atom is 0.462 e. The zero-order chi connectivity index (χ0) is 15.1. The van der Waals surface area contributed by atoms with Gasteiger partial charge in [0.15, 0.2) is 0 Å². The van der Waals surface area contributed by atoms with Crippen molar-refractivity contribution in [3.05, 3.63) is 13.3 Å². The highest BCUT2D eigenvalue weighted by Gasteiger charge is 2.75. The Hall–Kier alpha value is -0.530. The van der Waals surface area contributed by atoms with Crippen molar-refractivity contribution in [2.45, 2.75) is 44.1 Å². The second-order valence-corrected chi connectivity index (χ2v) is 4.55. The standard InChI is InChI=1S/C11H13F7O/c1-3-7-5-4-6(2)8(7)19-11(17,18)9(12,13)10(14,15)16/h4,6-8H,1,3,5H2,2H3. The van der Waals surface area contributed by atoms with Gasteiger partial charge in [0.05, 0.1) is 6.10 Å². The summed E-state index contributed by atoms with van der Waals surface area (Å²) in [5, 5.41) is 0. The molecule has 0 aromatic heterocycles. The van der Waals surface area contributed by atoms with Gasteiger partial charge in [0.2, 0.25) is 0 Å². The van der Waals surface area contributed by atoms with Crippen LogP contribution in [0.1, 0.15) is 19.8 Å². The summed E-state index contributed by atoms with van der Waals surface area (Å²) in [4.78, 5) is 0. The highest BCUT2D eigenvalue weighted by atomic mass is 19.4. The smallest absolute Gasteiger partial charge is 0.311 e. The Balaban J connectivity index is 2.90. The number of alkyl halides is 7. The van der Waals surface area contributed by atoms with Crippen LogP contribution in [0.4, 0.5) is 30.7 Å². The molecule has 3 unspecified atom stereocenters. The van der Waals surface area contributed by atoms with E-state index in [1.54, 1.807) is 6.42 Å². The number of hydrogen-bond donors (Lipinski definition) is 0. The summed E-state index contributed by atoms with van der Waals surface area (Å²) in [6.07, 6.45) is -11.4. The Labute approximate surface area is 106 Å². The van der Waals surface area contributed by atoms with Gasteiger partial charge in [-0.15, -0.1) is 0 Å². The maximum absolute atomic E-state index is 13.1. The second kappa shape index (κ2) is 5.10. The first-order valence-corrected chi connectivity index (χ1v) is 5.56. The molecule has 8 heteroatoms. The molecule has 2 radical (unpaired) electrons. The molecule has 1 aliphatic rings. The van der Waals surface area contributed by atoms with Crippen molar-refractivity contribution in [3.8, 4) is 0 Å². The highest BCUT2D eigenvalue weighted by Crippen LogP contribution is 2.49. The first-order chi connectivity index (χ1) is 8.44. The van der Waals surface area contributed by atoms with Crippen LogP contribution in [0.5, 0.6) is 0 Å². The van der Waals surface area contributed by atoms with Gasteiger partial charge in [0.25, 0.3) is 0 Å². The highest BCUT2D eigenvalue weighted by molar-refractivity contribution is 4.97. The molecule has 0 aromatic rings. The van der Waals surface area contributed by atoms with Crippen LogP contribution in [0.2, 0.25) is 0 Å². The third kappa shape index (κ3) is 2.98. The minimum atomic E-state index is -6.37. The van der Waals surface area contributed by atoms with E-state index in [0.717, 1.165) is 0 Å². The quantitative estimate of drug-likeness (QED) is 0.704. The van der Waals surface area contributed by atoms with Gasteiger partial charge < -0.3 is 4.74 Å². The largest absolute Gasteiger partial charge is 0.462 e. The first kappa shape index (κ1) is 16.5. The van der Waals surface area contributed by atoms with Gasteiger partial charge in [0, 0.05) is 0 Å². The third-order valence-corrected chi connectivity index (χ3v) is 3.17. The molecular weight excluding hydrogens is 281 g/mol. The topological polar surface area (TPSA) is 9.23 Å². The summed E-state index contributed by atoms with van der Waals surface area (Å²) in [5.41, 5.74) is 0.